The first-order valence-electron chi connectivity index (χ1n) is 5.93. The number of ether oxygens (including phenoxy) is 1. The van der Waals surface area contributed by atoms with Gasteiger partial charge in [0.25, 0.3) is 0 Å². The van der Waals surface area contributed by atoms with Crippen molar-refractivity contribution in [2.75, 3.05) is 20.3 Å². The minimum atomic E-state index is -0.907. The molecule has 0 aromatic rings. The number of carboxylic acids is 1. The zero-order valence-electron chi connectivity index (χ0n) is 9.89. The zero-order chi connectivity index (χ0) is 12.4. The van der Waals surface area contributed by atoms with Gasteiger partial charge in [0, 0.05) is 13.1 Å². The third-order valence-corrected chi connectivity index (χ3v) is 3.62. The predicted molar refractivity (Wildman–Crippen MR) is 59.7 cm³/mol. The van der Waals surface area contributed by atoms with E-state index in [1.807, 2.05) is 0 Å². The van der Waals surface area contributed by atoms with Gasteiger partial charge in [-0.2, -0.15) is 0 Å². The molecular formula is C11H18N2O4. The number of carbonyl (C=O) groups is 2. The SMILES string of the molecule is CN(C(=O)NC1CCC1)C1COCC1C(=O)O. The summed E-state index contributed by atoms with van der Waals surface area (Å²) in [5.74, 6) is -1.53. The lowest BCUT2D eigenvalue weighted by Gasteiger charge is -2.32. The Bertz CT molecular complexity index is 317. The summed E-state index contributed by atoms with van der Waals surface area (Å²) in [5.41, 5.74) is 0. The Morgan fingerprint density at radius 3 is 2.59 bits per heavy atom. The number of carboxylic acid groups (broad SMARTS) is 1. The number of urea groups is 1. The average molecular weight is 242 g/mol. The Labute approximate surface area is 99.9 Å². The highest BCUT2D eigenvalue weighted by Crippen LogP contribution is 2.21. The van der Waals surface area contributed by atoms with Crippen LogP contribution >= 0.6 is 0 Å². The predicted octanol–water partition coefficient (Wildman–Crippen LogP) is 0.280. The van der Waals surface area contributed by atoms with E-state index in [1.54, 1.807) is 7.05 Å². The van der Waals surface area contributed by atoms with E-state index < -0.39 is 11.9 Å². The summed E-state index contributed by atoms with van der Waals surface area (Å²) >= 11 is 0. The smallest absolute Gasteiger partial charge is 0.317 e. The van der Waals surface area contributed by atoms with Crippen LogP contribution in [0.15, 0.2) is 0 Å². The maximum Gasteiger partial charge on any atom is 0.317 e. The van der Waals surface area contributed by atoms with E-state index in [-0.39, 0.29) is 24.7 Å². The summed E-state index contributed by atoms with van der Waals surface area (Å²) in [6.07, 6.45) is 3.19. The van der Waals surface area contributed by atoms with Crippen LogP contribution in [0.25, 0.3) is 0 Å². The normalized spacial score (nSPS) is 28.5. The number of hydrogen-bond donors (Lipinski definition) is 2. The van der Waals surface area contributed by atoms with Gasteiger partial charge in [0.15, 0.2) is 0 Å². The van der Waals surface area contributed by atoms with Crippen molar-refractivity contribution in [1.82, 2.24) is 10.2 Å². The highest BCUT2D eigenvalue weighted by Gasteiger charge is 2.39. The Hall–Kier alpha value is -1.30. The van der Waals surface area contributed by atoms with E-state index >= 15 is 0 Å². The molecule has 1 aliphatic heterocycles. The topological polar surface area (TPSA) is 78.9 Å². The largest absolute Gasteiger partial charge is 0.481 e. The van der Waals surface area contributed by atoms with Gasteiger partial charge in [0.2, 0.25) is 0 Å². The third kappa shape index (κ3) is 2.52. The first-order chi connectivity index (χ1) is 8.09. The summed E-state index contributed by atoms with van der Waals surface area (Å²) in [6, 6.07) is -0.306. The molecule has 2 atom stereocenters. The van der Waals surface area contributed by atoms with Gasteiger partial charge in [-0.05, 0) is 19.3 Å². The number of nitrogens with one attached hydrogen (secondary N) is 1. The zero-order valence-corrected chi connectivity index (χ0v) is 9.89. The molecule has 1 saturated carbocycles. The van der Waals surface area contributed by atoms with Crippen LogP contribution in [-0.2, 0) is 9.53 Å². The van der Waals surface area contributed by atoms with E-state index in [4.69, 9.17) is 9.84 Å². The van der Waals surface area contributed by atoms with Crippen molar-refractivity contribution in [3.8, 4) is 0 Å². The molecule has 0 spiro atoms. The molecule has 0 radical (unpaired) electrons. The number of rotatable bonds is 3. The number of likely N-dealkylation sites (N-methyl/N-ethyl adjacent to an activating group) is 1. The minimum absolute atomic E-state index is 0.182. The van der Waals surface area contributed by atoms with Crippen molar-refractivity contribution < 1.29 is 19.4 Å². The summed E-state index contributed by atoms with van der Waals surface area (Å²) < 4.78 is 5.15. The Morgan fingerprint density at radius 1 is 1.35 bits per heavy atom. The standard InChI is InChI=1S/C11H18N2O4/c1-13(11(16)12-7-3-2-4-7)9-6-17-5-8(9)10(14)15/h7-9H,2-6H2,1H3,(H,12,16)(H,14,15). The van der Waals surface area contributed by atoms with Gasteiger partial charge < -0.3 is 20.1 Å². The highest BCUT2D eigenvalue weighted by atomic mass is 16.5. The molecule has 2 fully saturated rings. The lowest BCUT2D eigenvalue weighted by atomic mass is 9.93. The quantitative estimate of drug-likeness (QED) is 0.745. The molecule has 96 valence electrons. The lowest BCUT2D eigenvalue weighted by molar-refractivity contribution is -0.142. The number of aliphatic carboxylic acids is 1. The van der Waals surface area contributed by atoms with Crippen LogP contribution in [-0.4, -0.2) is 54.4 Å². The third-order valence-electron chi connectivity index (χ3n) is 3.62. The van der Waals surface area contributed by atoms with Gasteiger partial charge in [0.05, 0.1) is 19.3 Å². The second-order valence-corrected chi connectivity index (χ2v) is 4.74. The molecule has 2 unspecified atom stereocenters. The van der Waals surface area contributed by atoms with Gasteiger partial charge >= 0.3 is 12.0 Å². The number of carbonyl (C=O) groups excluding carboxylic acids is 1. The summed E-state index contributed by atoms with van der Waals surface area (Å²) in [4.78, 5) is 24.3. The summed E-state index contributed by atoms with van der Waals surface area (Å²) in [5, 5.41) is 11.9. The molecule has 0 aromatic carbocycles. The molecule has 1 aliphatic carbocycles. The van der Waals surface area contributed by atoms with Gasteiger partial charge in [0.1, 0.15) is 5.92 Å². The van der Waals surface area contributed by atoms with E-state index in [0.717, 1.165) is 19.3 Å². The van der Waals surface area contributed by atoms with Crippen molar-refractivity contribution in [2.45, 2.75) is 31.3 Å². The second-order valence-electron chi connectivity index (χ2n) is 4.74. The van der Waals surface area contributed by atoms with E-state index in [9.17, 15) is 9.59 Å². The molecule has 2 N–H and O–H groups in total. The van der Waals surface area contributed by atoms with Crippen LogP contribution in [0.5, 0.6) is 0 Å². The molecule has 2 aliphatic rings. The van der Waals surface area contributed by atoms with E-state index in [0.29, 0.717) is 6.61 Å². The van der Waals surface area contributed by atoms with Crippen LogP contribution in [0.4, 0.5) is 4.79 Å². The van der Waals surface area contributed by atoms with E-state index in [2.05, 4.69) is 5.32 Å². The fourth-order valence-electron chi connectivity index (χ4n) is 2.14. The van der Waals surface area contributed by atoms with Crippen LogP contribution in [0.3, 0.4) is 0 Å². The number of amides is 2. The minimum Gasteiger partial charge on any atom is -0.481 e. The van der Waals surface area contributed by atoms with Crippen LogP contribution in [0.2, 0.25) is 0 Å². The molecule has 6 nitrogen and oxygen atoms in total. The van der Waals surface area contributed by atoms with Crippen molar-refractivity contribution in [1.29, 1.82) is 0 Å². The first kappa shape index (κ1) is 12.2. The Kier molecular flexibility index (Phi) is 3.51. The molecule has 2 rings (SSSR count). The average Bonchev–Trinajstić information content (AvgIpc) is 2.70. The molecule has 1 saturated heterocycles. The van der Waals surface area contributed by atoms with Gasteiger partial charge in [-0.25, -0.2) is 4.79 Å². The van der Waals surface area contributed by atoms with Crippen LogP contribution in [0.1, 0.15) is 19.3 Å². The fourth-order valence-corrected chi connectivity index (χ4v) is 2.14. The monoisotopic (exact) mass is 242 g/mol. The van der Waals surface area contributed by atoms with Gasteiger partial charge in [-0.15, -0.1) is 0 Å². The molecular weight excluding hydrogens is 224 g/mol. The lowest BCUT2D eigenvalue weighted by Crippen LogP contribution is -2.52. The van der Waals surface area contributed by atoms with Gasteiger partial charge in [-0.1, -0.05) is 0 Å². The maximum absolute atomic E-state index is 11.9. The molecule has 0 aromatic heterocycles. The van der Waals surface area contributed by atoms with E-state index in [1.165, 1.54) is 4.90 Å². The maximum atomic E-state index is 11.9. The van der Waals surface area contributed by atoms with Crippen molar-refractivity contribution in [2.24, 2.45) is 5.92 Å². The molecule has 17 heavy (non-hydrogen) atoms. The van der Waals surface area contributed by atoms with Crippen LogP contribution in [0, 0.1) is 5.92 Å². The fraction of sp³-hybridized carbons (Fsp3) is 0.818. The molecule has 6 heteroatoms. The van der Waals surface area contributed by atoms with Crippen LogP contribution < -0.4 is 5.32 Å². The molecule has 2 amide bonds. The number of hydrogen-bond acceptors (Lipinski definition) is 3. The first-order valence-corrected chi connectivity index (χ1v) is 5.93. The van der Waals surface area contributed by atoms with Crippen molar-refractivity contribution >= 4 is 12.0 Å². The highest BCUT2D eigenvalue weighted by molar-refractivity contribution is 5.77. The molecule has 0 bridgehead atoms. The molecule has 1 heterocycles. The van der Waals surface area contributed by atoms with Gasteiger partial charge in [-0.3, -0.25) is 4.79 Å². The summed E-state index contributed by atoms with van der Waals surface area (Å²) in [7, 11) is 1.63. The van der Waals surface area contributed by atoms with Crippen molar-refractivity contribution in [3.05, 3.63) is 0 Å². The Balaban J connectivity index is 1.90. The number of nitrogens with zero attached hydrogens (tertiary/aromatic N) is 1. The summed E-state index contributed by atoms with van der Waals surface area (Å²) in [6.45, 7) is 0.479. The Morgan fingerprint density at radius 2 is 2.06 bits per heavy atom. The van der Waals surface area contributed by atoms with Crippen molar-refractivity contribution in [3.63, 3.8) is 0 Å². The second kappa shape index (κ2) is 4.91.